The van der Waals surface area contributed by atoms with Gasteiger partial charge in [-0.1, -0.05) is 0 Å². The zero-order valence-electron chi connectivity index (χ0n) is 15.8. The van der Waals surface area contributed by atoms with E-state index in [1.54, 1.807) is 26.5 Å². The van der Waals surface area contributed by atoms with E-state index in [-0.39, 0.29) is 17.7 Å². The Morgan fingerprint density at radius 1 is 1.37 bits per heavy atom. The Hall–Kier alpha value is -2.39. The molecule has 9 heteroatoms. The molecule has 27 heavy (non-hydrogen) atoms. The molecule has 0 bridgehead atoms. The summed E-state index contributed by atoms with van der Waals surface area (Å²) in [5.74, 6) is 0.749. The van der Waals surface area contributed by atoms with Gasteiger partial charge in [-0.25, -0.2) is 15.0 Å². The number of rotatable bonds is 5. The molecule has 1 fully saturated rings. The minimum Gasteiger partial charge on any atom is -0.345 e. The molecule has 2 aromatic heterocycles. The molecule has 144 valence electrons. The highest BCUT2D eigenvalue weighted by Gasteiger charge is 2.26. The first-order valence-corrected chi connectivity index (χ1v) is 9.79. The number of amides is 2. The van der Waals surface area contributed by atoms with E-state index in [2.05, 4.69) is 25.2 Å². The summed E-state index contributed by atoms with van der Waals surface area (Å²) in [6.45, 7) is 3.76. The highest BCUT2D eigenvalue weighted by Crippen LogP contribution is 2.25. The molecule has 1 atom stereocenters. The van der Waals surface area contributed by atoms with Crippen molar-refractivity contribution in [2.45, 2.75) is 25.7 Å². The van der Waals surface area contributed by atoms with Crippen LogP contribution in [-0.4, -0.2) is 70.3 Å². The molecule has 1 unspecified atom stereocenters. The molecular formula is C18H24N6O2S. The second-order valence-corrected chi connectivity index (χ2v) is 7.78. The SMILES string of the molecule is Cc1nc(C2CCCN(CC(=O)Nc3nccs3)C2)ncc1C(=O)N(C)C. The topological polar surface area (TPSA) is 91.3 Å². The number of carbonyl (C=O) groups is 2. The van der Waals surface area contributed by atoms with Gasteiger partial charge < -0.3 is 10.2 Å². The van der Waals surface area contributed by atoms with Crippen LogP contribution in [0.15, 0.2) is 17.8 Å². The normalized spacial score (nSPS) is 17.5. The molecule has 0 radical (unpaired) electrons. The summed E-state index contributed by atoms with van der Waals surface area (Å²) in [6, 6.07) is 0. The van der Waals surface area contributed by atoms with Gasteiger partial charge in [0.2, 0.25) is 5.91 Å². The molecule has 1 saturated heterocycles. The number of nitrogens with zero attached hydrogens (tertiary/aromatic N) is 5. The van der Waals surface area contributed by atoms with E-state index in [4.69, 9.17) is 0 Å². The van der Waals surface area contributed by atoms with Crippen LogP contribution in [-0.2, 0) is 4.79 Å². The monoisotopic (exact) mass is 388 g/mol. The van der Waals surface area contributed by atoms with Crippen LogP contribution in [0, 0.1) is 6.92 Å². The Morgan fingerprint density at radius 3 is 2.85 bits per heavy atom. The number of anilines is 1. The summed E-state index contributed by atoms with van der Waals surface area (Å²) >= 11 is 1.41. The van der Waals surface area contributed by atoms with Crippen LogP contribution in [0.5, 0.6) is 0 Å². The number of likely N-dealkylation sites (tertiary alicyclic amines) is 1. The van der Waals surface area contributed by atoms with Crippen molar-refractivity contribution >= 4 is 28.3 Å². The maximum absolute atomic E-state index is 12.2. The van der Waals surface area contributed by atoms with E-state index in [0.717, 1.165) is 31.8 Å². The molecule has 8 nitrogen and oxygen atoms in total. The van der Waals surface area contributed by atoms with E-state index in [1.807, 2.05) is 12.3 Å². The lowest BCUT2D eigenvalue weighted by atomic mass is 9.97. The Kier molecular flexibility index (Phi) is 6.12. The lowest BCUT2D eigenvalue weighted by molar-refractivity contribution is -0.117. The molecule has 1 aliphatic heterocycles. The quantitative estimate of drug-likeness (QED) is 0.839. The Balaban J connectivity index is 1.63. The van der Waals surface area contributed by atoms with Gasteiger partial charge in [0.15, 0.2) is 5.13 Å². The minimum atomic E-state index is -0.0943. The lowest BCUT2D eigenvalue weighted by Gasteiger charge is -2.31. The van der Waals surface area contributed by atoms with Gasteiger partial charge >= 0.3 is 0 Å². The summed E-state index contributed by atoms with van der Waals surface area (Å²) in [5.41, 5.74) is 1.22. The highest BCUT2D eigenvalue weighted by molar-refractivity contribution is 7.13. The molecule has 3 heterocycles. The third kappa shape index (κ3) is 4.86. The Morgan fingerprint density at radius 2 is 2.19 bits per heavy atom. The number of carbonyl (C=O) groups excluding carboxylic acids is 2. The van der Waals surface area contributed by atoms with E-state index in [0.29, 0.717) is 22.9 Å². The Bertz CT molecular complexity index is 808. The summed E-state index contributed by atoms with van der Waals surface area (Å²) in [6.07, 6.45) is 5.25. The third-order valence-corrected chi connectivity index (χ3v) is 5.24. The molecule has 0 spiro atoms. The largest absolute Gasteiger partial charge is 0.345 e. The van der Waals surface area contributed by atoms with E-state index in [1.165, 1.54) is 16.2 Å². The summed E-state index contributed by atoms with van der Waals surface area (Å²) in [4.78, 5) is 41.1. The molecule has 2 aromatic rings. The number of aromatic nitrogens is 3. The molecule has 0 aromatic carbocycles. The van der Waals surface area contributed by atoms with Crippen molar-refractivity contribution in [3.05, 3.63) is 34.9 Å². The number of hydrogen-bond acceptors (Lipinski definition) is 7. The molecule has 1 N–H and O–H groups in total. The highest BCUT2D eigenvalue weighted by atomic mass is 32.1. The molecule has 0 saturated carbocycles. The first-order chi connectivity index (χ1) is 12.9. The predicted molar refractivity (Wildman–Crippen MR) is 104 cm³/mol. The van der Waals surface area contributed by atoms with Crippen molar-refractivity contribution < 1.29 is 9.59 Å². The van der Waals surface area contributed by atoms with Crippen molar-refractivity contribution in [3.8, 4) is 0 Å². The molecular weight excluding hydrogens is 364 g/mol. The van der Waals surface area contributed by atoms with E-state index >= 15 is 0 Å². The predicted octanol–water partition coefficient (Wildman–Crippen LogP) is 1.76. The zero-order chi connectivity index (χ0) is 19.4. The summed E-state index contributed by atoms with van der Waals surface area (Å²) in [7, 11) is 3.43. The van der Waals surface area contributed by atoms with E-state index < -0.39 is 0 Å². The Labute approximate surface area is 162 Å². The summed E-state index contributed by atoms with van der Waals surface area (Å²) in [5, 5.41) is 5.27. The van der Waals surface area contributed by atoms with E-state index in [9.17, 15) is 9.59 Å². The van der Waals surface area contributed by atoms with Crippen molar-refractivity contribution in [1.82, 2.24) is 24.8 Å². The second kappa shape index (κ2) is 8.53. The van der Waals surface area contributed by atoms with Gasteiger partial charge in [-0.05, 0) is 26.3 Å². The number of thiazole rings is 1. The number of aryl methyl sites for hydroxylation is 1. The molecule has 1 aliphatic rings. The standard InChI is InChI=1S/C18H24N6O2S/c1-12-14(17(26)23(2)3)9-20-16(21-12)13-5-4-7-24(10-13)11-15(25)22-18-19-6-8-27-18/h6,8-9,13H,4-5,7,10-11H2,1-3H3,(H,19,22,25). The molecule has 0 aliphatic carbocycles. The number of piperidine rings is 1. The lowest BCUT2D eigenvalue weighted by Crippen LogP contribution is -2.40. The van der Waals surface area contributed by atoms with Crippen LogP contribution in [0.1, 0.15) is 40.6 Å². The second-order valence-electron chi connectivity index (χ2n) is 6.89. The smallest absolute Gasteiger partial charge is 0.256 e. The van der Waals surface area contributed by atoms with Crippen molar-refractivity contribution in [2.24, 2.45) is 0 Å². The van der Waals surface area contributed by atoms with Crippen LogP contribution in [0.25, 0.3) is 0 Å². The van der Waals surface area contributed by atoms with Crippen LogP contribution in [0.3, 0.4) is 0 Å². The fourth-order valence-corrected chi connectivity index (χ4v) is 3.73. The average Bonchev–Trinajstić information content (AvgIpc) is 3.14. The maximum Gasteiger partial charge on any atom is 0.256 e. The number of nitrogens with one attached hydrogen (secondary N) is 1. The van der Waals surface area contributed by atoms with Gasteiger partial charge in [0.25, 0.3) is 5.91 Å². The fourth-order valence-electron chi connectivity index (χ4n) is 3.19. The van der Waals surface area contributed by atoms with Crippen LogP contribution >= 0.6 is 11.3 Å². The first kappa shape index (κ1) is 19.4. The van der Waals surface area contributed by atoms with Gasteiger partial charge in [-0.3, -0.25) is 14.5 Å². The maximum atomic E-state index is 12.2. The van der Waals surface area contributed by atoms with Crippen LogP contribution < -0.4 is 5.32 Å². The van der Waals surface area contributed by atoms with Crippen LogP contribution in [0.4, 0.5) is 5.13 Å². The zero-order valence-corrected chi connectivity index (χ0v) is 16.6. The van der Waals surface area contributed by atoms with Crippen LogP contribution in [0.2, 0.25) is 0 Å². The van der Waals surface area contributed by atoms with Crippen molar-refractivity contribution in [3.63, 3.8) is 0 Å². The number of hydrogen-bond donors (Lipinski definition) is 1. The van der Waals surface area contributed by atoms with Gasteiger partial charge in [0.1, 0.15) is 5.82 Å². The summed E-state index contributed by atoms with van der Waals surface area (Å²) < 4.78 is 0. The van der Waals surface area contributed by atoms with Crippen molar-refractivity contribution in [1.29, 1.82) is 0 Å². The van der Waals surface area contributed by atoms with Crippen molar-refractivity contribution in [2.75, 3.05) is 39.0 Å². The van der Waals surface area contributed by atoms with Gasteiger partial charge in [0, 0.05) is 44.3 Å². The van der Waals surface area contributed by atoms with Gasteiger partial charge in [-0.2, -0.15) is 0 Å². The fraction of sp³-hybridized carbons (Fsp3) is 0.500. The molecule has 3 rings (SSSR count). The molecule has 2 amide bonds. The van der Waals surface area contributed by atoms with Gasteiger partial charge in [-0.15, -0.1) is 11.3 Å². The minimum absolute atomic E-state index is 0.0605. The first-order valence-electron chi connectivity index (χ1n) is 8.91. The van der Waals surface area contributed by atoms with Gasteiger partial charge in [0.05, 0.1) is 17.8 Å². The third-order valence-electron chi connectivity index (χ3n) is 4.55. The average molecular weight is 388 g/mol.